The normalized spacial score (nSPS) is 15.2. The number of nitrogens with zero attached hydrogens (tertiary/aromatic N) is 3. The molecule has 1 aliphatic heterocycles. The van der Waals surface area contributed by atoms with Crippen LogP contribution in [0.5, 0.6) is 11.5 Å². The molecule has 2 heterocycles. The number of pyridine rings is 1. The topological polar surface area (TPSA) is 78.6 Å². The number of hydrogen-bond acceptors (Lipinski definition) is 6. The summed E-state index contributed by atoms with van der Waals surface area (Å²) >= 11 is 0. The second-order valence-electron chi connectivity index (χ2n) is 11.8. The zero-order valence-corrected chi connectivity index (χ0v) is 24.9. The third-order valence-corrected chi connectivity index (χ3v) is 9.02. The minimum atomic E-state index is 0.271. The molecule has 0 atom stereocenters. The number of likely N-dealkylation sites (tertiary alicyclic amines) is 1. The molecule has 1 fully saturated rings. The Bertz CT molecular complexity index is 1600. The highest BCUT2D eigenvalue weighted by Crippen LogP contribution is 2.41. The van der Waals surface area contributed by atoms with Crippen LogP contribution in [0.3, 0.4) is 0 Å². The van der Waals surface area contributed by atoms with Gasteiger partial charge in [0.2, 0.25) is 0 Å². The summed E-state index contributed by atoms with van der Waals surface area (Å²) in [6.45, 7) is 6.04. The van der Waals surface area contributed by atoms with E-state index in [0.29, 0.717) is 24.7 Å². The molecule has 1 N–H and O–H groups in total. The molecule has 0 saturated carbocycles. The molecular formula is C37H39N3O3. The maximum absolute atomic E-state index is 9.63. The van der Waals surface area contributed by atoms with E-state index in [2.05, 4.69) is 71.4 Å². The largest absolute Gasteiger partial charge is 0.488 e. The Morgan fingerprint density at radius 1 is 0.930 bits per heavy atom. The Morgan fingerprint density at radius 2 is 1.72 bits per heavy atom. The van der Waals surface area contributed by atoms with Crippen LogP contribution in [0.2, 0.25) is 0 Å². The summed E-state index contributed by atoms with van der Waals surface area (Å²) in [5.41, 5.74) is 10.1. The van der Waals surface area contributed by atoms with Crippen LogP contribution in [-0.2, 0) is 32.6 Å². The Kier molecular flexibility index (Phi) is 9.02. The van der Waals surface area contributed by atoms with E-state index in [1.54, 1.807) is 12.4 Å². The average Bonchev–Trinajstić information content (AvgIpc) is 3.55. The van der Waals surface area contributed by atoms with E-state index in [1.165, 1.54) is 38.9 Å². The highest BCUT2D eigenvalue weighted by molar-refractivity contribution is 5.68. The van der Waals surface area contributed by atoms with Crippen LogP contribution in [0.15, 0.2) is 73.1 Å². The monoisotopic (exact) mass is 573 g/mol. The predicted octanol–water partition coefficient (Wildman–Crippen LogP) is 6.78. The third-order valence-electron chi connectivity index (χ3n) is 9.02. The minimum absolute atomic E-state index is 0.271. The number of benzene rings is 3. The van der Waals surface area contributed by atoms with Gasteiger partial charge in [-0.05, 0) is 97.5 Å². The summed E-state index contributed by atoms with van der Waals surface area (Å²) in [5, 5.41) is 19.0. The second-order valence-corrected chi connectivity index (χ2v) is 11.8. The van der Waals surface area contributed by atoms with Crippen LogP contribution in [0.4, 0.5) is 0 Å². The van der Waals surface area contributed by atoms with E-state index in [-0.39, 0.29) is 6.61 Å². The molecule has 2 aliphatic rings. The highest BCUT2D eigenvalue weighted by atomic mass is 16.5. The van der Waals surface area contributed by atoms with Crippen molar-refractivity contribution >= 4 is 0 Å². The van der Waals surface area contributed by atoms with Gasteiger partial charge in [-0.2, -0.15) is 5.26 Å². The van der Waals surface area contributed by atoms with Crippen molar-refractivity contribution in [3.8, 4) is 28.7 Å². The lowest BCUT2D eigenvalue weighted by molar-refractivity contribution is 0.126. The zero-order valence-electron chi connectivity index (χ0n) is 24.9. The highest BCUT2D eigenvalue weighted by Gasteiger charge is 2.27. The summed E-state index contributed by atoms with van der Waals surface area (Å²) in [6, 6.07) is 23.0. The first-order valence-electron chi connectivity index (χ1n) is 15.4. The van der Waals surface area contributed by atoms with E-state index >= 15 is 0 Å². The van der Waals surface area contributed by atoms with E-state index in [0.717, 1.165) is 68.8 Å². The predicted molar refractivity (Wildman–Crippen MR) is 168 cm³/mol. The van der Waals surface area contributed by atoms with Crippen molar-refractivity contribution in [2.45, 2.75) is 58.8 Å². The Morgan fingerprint density at radius 3 is 2.51 bits per heavy atom. The number of aliphatic hydroxyl groups is 1. The van der Waals surface area contributed by atoms with Gasteiger partial charge < -0.3 is 14.6 Å². The van der Waals surface area contributed by atoms with Gasteiger partial charge in [-0.3, -0.25) is 9.88 Å². The maximum atomic E-state index is 9.63. The fourth-order valence-electron chi connectivity index (χ4n) is 6.49. The van der Waals surface area contributed by atoms with Gasteiger partial charge in [0, 0.05) is 42.7 Å². The third kappa shape index (κ3) is 6.59. The Hall–Kier alpha value is -4.18. The lowest BCUT2D eigenvalue weighted by Gasteiger charge is -2.32. The van der Waals surface area contributed by atoms with E-state index in [9.17, 15) is 10.4 Å². The molecule has 1 aromatic heterocycles. The summed E-state index contributed by atoms with van der Waals surface area (Å²) in [6.07, 6.45) is 8.48. The molecule has 4 aromatic rings. The van der Waals surface area contributed by atoms with Crippen LogP contribution >= 0.6 is 0 Å². The average molecular weight is 574 g/mol. The molecule has 0 amide bonds. The van der Waals surface area contributed by atoms with E-state index in [1.807, 2.05) is 12.1 Å². The number of rotatable bonds is 10. The van der Waals surface area contributed by atoms with E-state index in [4.69, 9.17) is 9.47 Å². The van der Waals surface area contributed by atoms with Crippen molar-refractivity contribution in [1.29, 1.82) is 5.26 Å². The van der Waals surface area contributed by atoms with Gasteiger partial charge in [-0.15, -0.1) is 0 Å². The maximum Gasteiger partial charge on any atom is 0.128 e. The number of fused-ring (bicyclic) bond motifs is 1. The Labute approximate surface area is 254 Å². The SMILES string of the molecule is Cc1c(COc2cc(OCc3cncc(C#N)c3)c(CN3CCC(CO)CC3)c3c2CCC3)cccc1-c1ccccc1. The fourth-order valence-corrected chi connectivity index (χ4v) is 6.49. The van der Waals surface area contributed by atoms with Crippen molar-refractivity contribution in [3.63, 3.8) is 0 Å². The molecule has 0 unspecified atom stereocenters. The van der Waals surface area contributed by atoms with Crippen molar-refractivity contribution in [2.75, 3.05) is 19.7 Å². The van der Waals surface area contributed by atoms with Crippen LogP contribution < -0.4 is 9.47 Å². The molecule has 1 saturated heterocycles. The number of piperidine rings is 1. The van der Waals surface area contributed by atoms with E-state index < -0.39 is 0 Å². The Balaban J connectivity index is 1.29. The van der Waals surface area contributed by atoms with Gasteiger partial charge in [0.05, 0.1) is 5.56 Å². The van der Waals surface area contributed by atoms with Crippen LogP contribution in [0, 0.1) is 24.2 Å². The molecule has 6 rings (SSSR count). The van der Waals surface area contributed by atoms with Crippen LogP contribution in [0.25, 0.3) is 11.1 Å². The minimum Gasteiger partial charge on any atom is -0.488 e. The fraction of sp³-hybridized carbons (Fsp3) is 0.351. The molecule has 0 spiro atoms. The molecule has 0 bridgehead atoms. The first-order chi connectivity index (χ1) is 21.1. The smallest absolute Gasteiger partial charge is 0.128 e. The first-order valence-corrected chi connectivity index (χ1v) is 15.4. The van der Waals surface area contributed by atoms with Gasteiger partial charge in [-0.25, -0.2) is 0 Å². The molecule has 43 heavy (non-hydrogen) atoms. The quantitative estimate of drug-likeness (QED) is 0.225. The number of hydrogen-bond donors (Lipinski definition) is 1. The van der Waals surface area contributed by atoms with Gasteiger partial charge in [0.25, 0.3) is 0 Å². The van der Waals surface area contributed by atoms with Crippen LogP contribution in [0.1, 0.15) is 58.2 Å². The number of aromatic nitrogens is 1. The number of aliphatic hydroxyl groups excluding tert-OH is 1. The van der Waals surface area contributed by atoms with Crippen LogP contribution in [-0.4, -0.2) is 34.7 Å². The summed E-state index contributed by atoms with van der Waals surface area (Å²) in [7, 11) is 0. The molecule has 6 nitrogen and oxygen atoms in total. The lowest BCUT2D eigenvalue weighted by Crippen LogP contribution is -2.34. The standard InChI is InChI=1S/C37H39N3O3/c1-26-31(9-5-10-32(26)30-7-3-2-4-8-30)25-43-36-18-37(42-24-29-17-28(19-38)20-39-21-29)35(33-11-6-12-34(33)36)22-40-15-13-27(23-41)14-16-40/h2-5,7-10,17-18,20-21,27,41H,6,11-16,22-25H2,1H3. The van der Waals surface area contributed by atoms with Crippen molar-refractivity contribution < 1.29 is 14.6 Å². The summed E-state index contributed by atoms with van der Waals surface area (Å²) < 4.78 is 13.2. The van der Waals surface area contributed by atoms with Gasteiger partial charge in [0.15, 0.2) is 0 Å². The number of nitriles is 1. The summed E-state index contributed by atoms with van der Waals surface area (Å²) in [5.74, 6) is 2.15. The zero-order chi connectivity index (χ0) is 29.6. The van der Waals surface area contributed by atoms with Gasteiger partial charge in [0.1, 0.15) is 30.8 Å². The summed E-state index contributed by atoms with van der Waals surface area (Å²) in [4.78, 5) is 6.71. The lowest BCUT2D eigenvalue weighted by atomic mass is 9.95. The molecule has 3 aromatic carbocycles. The van der Waals surface area contributed by atoms with Gasteiger partial charge >= 0.3 is 0 Å². The molecular weight excluding hydrogens is 534 g/mol. The van der Waals surface area contributed by atoms with Crippen molar-refractivity contribution in [1.82, 2.24) is 9.88 Å². The van der Waals surface area contributed by atoms with Crippen molar-refractivity contribution in [2.24, 2.45) is 5.92 Å². The molecule has 220 valence electrons. The van der Waals surface area contributed by atoms with Crippen molar-refractivity contribution in [3.05, 3.63) is 112 Å². The molecule has 6 heteroatoms. The molecule has 1 aliphatic carbocycles. The second kappa shape index (κ2) is 13.4. The molecule has 0 radical (unpaired) electrons. The first kappa shape index (κ1) is 28.9. The number of ether oxygens (including phenoxy) is 2. The van der Waals surface area contributed by atoms with Gasteiger partial charge in [-0.1, -0.05) is 48.5 Å².